The van der Waals surface area contributed by atoms with Crippen molar-refractivity contribution in [2.45, 2.75) is 25.6 Å². The van der Waals surface area contributed by atoms with Gasteiger partial charge in [-0.15, -0.1) is 0 Å². The van der Waals surface area contributed by atoms with E-state index in [-0.39, 0.29) is 0 Å². The van der Waals surface area contributed by atoms with E-state index in [0.717, 1.165) is 70.7 Å². The van der Waals surface area contributed by atoms with Crippen molar-refractivity contribution < 1.29 is 4.74 Å². The number of ether oxygens (including phenoxy) is 1. The summed E-state index contributed by atoms with van der Waals surface area (Å²) in [4.78, 5) is 13.5. The number of morpholine rings is 1. The van der Waals surface area contributed by atoms with Crippen molar-refractivity contribution in [3.63, 3.8) is 0 Å². The number of hydrogen-bond donors (Lipinski definition) is 2. The summed E-state index contributed by atoms with van der Waals surface area (Å²) in [6.45, 7) is 7.19. The van der Waals surface area contributed by atoms with Gasteiger partial charge in [0.15, 0.2) is 5.96 Å². The van der Waals surface area contributed by atoms with Crippen molar-refractivity contribution in [2.24, 2.45) is 4.99 Å². The second-order valence-corrected chi connectivity index (χ2v) is 8.42. The number of pyridine rings is 1. The Hall–Kier alpha value is -2.35. The highest BCUT2D eigenvalue weighted by atomic mass is 35.5. The molecule has 0 amide bonds. The van der Waals surface area contributed by atoms with Crippen molar-refractivity contribution in [1.82, 2.24) is 20.5 Å². The molecule has 1 atom stereocenters. The highest BCUT2D eigenvalue weighted by molar-refractivity contribution is 6.32. The summed E-state index contributed by atoms with van der Waals surface area (Å²) in [6.07, 6.45) is 2.80. The minimum Gasteiger partial charge on any atom is -0.379 e. The van der Waals surface area contributed by atoms with Crippen LogP contribution in [0.15, 0.2) is 47.6 Å². The van der Waals surface area contributed by atoms with E-state index in [4.69, 9.17) is 16.3 Å². The van der Waals surface area contributed by atoms with Crippen LogP contribution < -0.4 is 15.5 Å². The number of guanidine groups is 1. The first-order chi connectivity index (χ1) is 15.2. The third kappa shape index (κ3) is 6.09. The first kappa shape index (κ1) is 21.9. The maximum Gasteiger partial charge on any atom is 0.191 e. The lowest BCUT2D eigenvalue weighted by atomic mass is 10.1. The lowest BCUT2D eigenvalue weighted by Crippen LogP contribution is -2.44. The normalized spacial score (nSPS) is 20.1. The summed E-state index contributed by atoms with van der Waals surface area (Å²) in [6, 6.07) is 12.9. The summed E-state index contributed by atoms with van der Waals surface area (Å²) in [5.74, 6) is 1.67. The van der Waals surface area contributed by atoms with Gasteiger partial charge in [-0.2, -0.15) is 0 Å². The molecule has 31 heavy (non-hydrogen) atoms. The zero-order valence-corrected chi connectivity index (χ0v) is 18.8. The van der Waals surface area contributed by atoms with Crippen LogP contribution in [0.1, 0.15) is 17.5 Å². The van der Waals surface area contributed by atoms with Crippen LogP contribution in [-0.4, -0.2) is 68.3 Å². The molecule has 166 valence electrons. The topological polar surface area (TPSA) is 65.0 Å². The number of anilines is 1. The molecule has 3 heterocycles. The van der Waals surface area contributed by atoms with E-state index in [1.165, 1.54) is 11.1 Å². The summed E-state index contributed by atoms with van der Waals surface area (Å²) >= 11 is 6.30. The molecular formula is C23H31ClN6O. The highest BCUT2D eigenvalue weighted by Gasteiger charge is 2.25. The van der Waals surface area contributed by atoms with Gasteiger partial charge in [-0.1, -0.05) is 35.9 Å². The maximum absolute atomic E-state index is 6.30. The minimum atomic E-state index is 0.306. The summed E-state index contributed by atoms with van der Waals surface area (Å²) in [7, 11) is 1.81. The smallest absolute Gasteiger partial charge is 0.191 e. The fourth-order valence-corrected chi connectivity index (χ4v) is 4.28. The molecule has 2 fully saturated rings. The van der Waals surface area contributed by atoms with Gasteiger partial charge in [0.05, 0.1) is 18.2 Å². The van der Waals surface area contributed by atoms with Crippen LogP contribution in [0, 0.1) is 0 Å². The predicted octanol–water partition coefficient (Wildman–Crippen LogP) is 2.51. The largest absolute Gasteiger partial charge is 0.379 e. The van der Waals surface area contributed by atoms with Crippen molar-refractivity contribution in [3.8, 4) is 0 Å². The molecule has 0 spiro atoms. The fourth-order valence-electron chi connectivity index (χ4n) is 4.03. The van der Waals surface area contributed by atoms with Gasteiger partial charge in [0.25, 0.3) is 0 Å². The van der Waals surface area contributed by atoms with E-state index >= 15 is 0 Å². The molecule has 2 saturated heterocycles. The summed E-state index contributed by atoms with van der Waals surface area (Å²) in [5.41, 5.74) is 2.58. The van der Waals surface area contributed by atoms with E-state index in [1.807, 2.05) is 19.2 Å². The number of halogens is 1. The summed E-state index contributed by atoms with van der Waals surface area (Å²) in [5, 5.41) is 7.66. The van der Waals surface area contributed by atoms with Gasteiger partial charge in [0, 0.05) is 58.6 Å². The monoisotopic (exact) mass is 442 g/mol. The van der Waals surface area contributed by atoms with Gasteiger partial charge in [0.1, 0.15) is 5.82 Å². The van der Waals surface area contributed by atoms with Gasteiger partial charge < -0.3 is 20.3 Å². The van der Waals surface area contributed by atoms with Gasteiger partial charge in [-0.25, -0.2) is 4.98 Å². The Morgan fingerprint density at radius 1 is 1.16 bits per heavy atom. The molecule has 1 aromatic heterocycles. The molecule has 2 aliphatic rings. The van der Waals surface area contributed by atoms with Crippen LogP contribution in [0.3, 0.4) is 0 Å². The van der Waals surface area contributed by atoms with Crippen molar-refractivity contribution >= 4 is 23.4 Å². The first-order valence-electron chi connectivity index (χ1n) is 10.9. The number of aliphatic imine (C=N–C) groups is 1. The molecule has 0 radical (unpaired) electrons. The van der Waals surface area contributed by atoms with Gasteiger partial charge in [0.2, 0.25) is 0 Å². The van der Waals surface area contributed by atoms with Crippen molar-refractivity contribution in [1.29, 1.82) is 0 Å². The van der Waals surface area contributed by atoms with Crippen LogP contribution in [0.25, 0.3) is 0 Å². The molecular weight excluding hydrogens is 412 g/mol. The minimum absolute atomic E-state index is 0.306. The second-order valence-electron chi connectivity index (χ2n) is 8.02. The van der Waals surface area contributed by atoms with Gasteiger partial charge in [-0.05, 0) is 29.7 Å². The van der Waals surface area contributed by atoms with Crippen molar-refractivity contribution in [2.75, 3.05) is 51.3 Å². The Morgan fingerprint density at radius 2 is 1.94 bits per heavy atom. The average molecular weight is 443 g/mol. The van der Waals surface area contributed by atoms with E-state index < -0.39 is 0 Å². The quantitative estimate of drug-likeness (QED) is 0.529. The Kier molecular flexibility index (Phi) is 7.61. The number of aromatic nitrogens is 1. The number of benzene rings is 1. The van der Waals surface area contributed by atoms with Crippen LogP contribution in [0.2, 0.25) is 5.02 Å². The van der Waals surface area contributed by atoms with Gasteiger partial charge >= 0.3 is 0 Å². The maximum atomic E-state index is 6.30. The molecule has 1 aromatic carbocycles. The molecule has 0 aliphatic carbocycles. The van der Waals surface area contributed by atoms with Crippen molar-refractivity contribution in [3.05, 3.63) is 58.7 Å². The molecule has 2 aromatic rings. The fraction of sp³-hybridized carbons (Fsp3) is 0.478. The predicted molar refractivity (Wildman–Crippen MR) is 126 cm³/mol. The molecule has 1 unspecified atom stereocenters. The lowest BCUT2D eigenvalue weighted by Gasteiger charge is -2.26. The average Bonchev–Trinajstić information content (AvgIpc) is 3.27. The van der Waals surface area contributed by atoms with Crippen LogP contribution in [-0.2, 0) is 17.8 Å². The van der Waals surface area contributed by atoms with Crippen LogP contribution >= 0.6 is 11.6 Å². The van der Waals surface area contributed by atoms with E-state index in [2.05, 4.69) is 54.7 Å². The second kappa shape index (κ2) is 10.8. The molecule has 2 N–H and O–H groups in total. The van der Waals surface area contributed by atoms with E-state index in [1.54, 1.807) is 6.20 Å². The Bertz CT molecular complexity index is 869. The first-order valence-corrected chi connectivity index (χ1v) is 11.3. The number of nitrogens with one attached hydrogen (secondary N) is 2. The zero-order valence-electron chi connectivity index (χ0n) is 18.1. The lowest BCUT2D eigenvalue weighted by molar-refractivity contribution is 0.0342. The Balaban J connectivity index is 1.24. The highest BCUT2D eigenvalue weighted by Crippen LogP contribution is 2.25. The van der Waals surface area contributed by atoms with E-state index in [0.29, 0.717) is 11.1 Å². The number of hydrogen-bond acceptors (Lipinski definition) is 5. The zero-order chi connectivity index (χ0) is 21.5. The molecule has 4 rings (SSSR count). The third-order valence-electron chi connectivity index (χ3n) is 5.78. The number of nitrogens with zero attached hydrogens (tertiary/aromatic N) is 4. The third-order valence-corrected chi connectivity index (χ3v) is 6.08. The van der Waals surface area contributed by atoms with Crippen LogP contribution in [0.5, 0.6) is 0 Å². The standard InChI is InChI=1S/C23H31ClN6O/c1-25-23(28-20-8-10-30(17-20)22-21(24)3-2-9-26-22)27-15-18-4-6-19(7-5-18)16-29-11-13-31-14-12-29/h2-7,9,20H,8,10-17H2,1H3,(H2,25,27,28). The molecule has 7 nitrogen and oxygen atoms in total. The molecule has 8 heteroatoms. The molecule has 2 aliphatic heterocycles. The molecule has 0 saturated carbocycles. The SMILES string of the molecule is CN=C(NCc1ccc(CN2CCOCC2)cc1)NC1CCN(c2ncccc2Cl)C1. The van der Waals surface area contributed by atoms with Gasteiger partial charge in [-0.3, -0.25) is 9.89 Å². The Labute approximate surface area is 189 Å². The van der Waals surface area contributed by atoms with E-state index in [9.17, 15) is 0 Å². The summed E-state index contributed by atoms with van der Waals surface area (Å²) < 4.78 is 5.42. The van der Waals surface area contributed by atoms with Crippen LogP contribution in [0.4, 0.5) is 5.82 Å². The number of rotatable bonds is 6. The molecule has 0 bridgehead atoms. The Morgan fingerprint density at radius 3 is 2.68 bits per heavy atom.